The molecule has 1 aromatic carbocycles. The lowest BCUT2D eigenvalue weighted by Gasteiger charge is -2.57. The summed E-state index contributed by atoms with van der Waals surface area (Å²) in [4.78, 5) is 41.3. The molecular formula is C28H31F3N6O5. The van der Waals surface area contributed by atoms with Gasteiger partial charge in [-0.15, -0.1) is 0 Å². The predicted molar refractivity (Wildman–Crippen MR) is 144 cm³/mol. The Bertz CT molecular complexity index is 1540. The molecule has 0 aliphatic heterocycles. The lowest BCUT2D eigenvalue weighted by Crippen LogP contribution is -2.58. The van der Waals surface area contributed by atoms with Crippen LogP contribution in [0, 0.1) is 5.41 Å². The highest BCUT2D eigenvalue weighted by Crippen LogP contribution is 2.56. The summed E-state index contributed by atoms with van der Waals surface area (Å²) in [7, 11) is 0. The number of carbonyl (C=O) groups is 3. The molecule has 0 atom stereocenters. The van der Waals surface area contributed by atoms with Gasteiger partial charge in [0.25, 0.3) is 11.8 Å². The van der Waals surface area contributed by atoms with Crippen LogP contribution in [0.25, 0.3) is 10.9 Å². The van der Waals surface area contributed by atoms with Crippen LogP contribution in [-0.2, 0) is 10.3 Å². The van der Waals surface area contributed by atoms with E-state index < -0.39 is 42.5 Å². The number of pyridine rings is 1. The van der Waals surface area contributed by atoms with Crippen molar-refractivity contribution in [3.8, 4) is 11.6 Å². The minimum atomic E-state index is -4.37. The summed E-state index contributed by atoms with van der Waals surface area (Å²) in [6.07, 6.45) is -1.13. The number of fused-ring (bicyclic) bond motifs is 1. The van der Waals surface area contributed by atoms with Crippen LogP contribution in [0.1, 0.15) is 66.8 Å². The molecule has 0 bridgehead atoms. The summed E-state index contributed by atoms with van der Waals surface area (Å²) in [5.41, 5.74) is 10.3. The summed E-state index contributed by atoms with van der Waals surface area (Å²) in [5.74, 6) is -1.42. The topological polar surface area (TPSA) is 164 Å². The molecule has 5 rings (SSSR count). The van der Waals surface area contributed by atoms with Crippen LogP contribution < -0.4 is 26.3 Å². The zero-order valence-corrected chi connectivity index (χ0v) is 23.0. The molecule has 3 aromatic rings. The second kappa shape index (κ2) is 10.5. The lowest BCUT2D eigenvalue weighted by molar-refractivity contribution is -0.139. The van der Waals surface area contributed by atoms with Gasteiger partial charge in [0.15, 0.2) is 5.69 Å². The fourth-order valence-electron chi connectivity index (χ4n) is 5.66. The van der Waals surface area contributed by atoms with Crippen LogP contribution in [0.4, 0.5) is 13.2 Å². The van der Waals surface area contributed by atoms with Crippen molar-refractivity contribution in [1.82, 2.24) is 20.1 Å². The van der Waals surface area contributed by atoms with Crippen LogP contribution >= 0.6 is 0 Å². The first-order chi connectivity index (χ1) is 19.7. The highest BCUT2D eigenvalue weighted by molar-refractivity contribution is 6.05. The first-order valence-electron chi connectivity index (χ1n) is 13.4. The van der Waals surface area contributed by atoms with E-state index in [1.165, 1.54) is 42.9 Å². The Labute approximate surface area is 238 Å². The highest BCUT2D eigenvalue weighted by atomic mass is 19.4. The third-order valence-corrected chi connectivity index (χ3v) is 7.98. The number of alkyl halides is 3. The first kappa shape index (κ1) is 29.1. The molecule has 2 saturated carbocycles. The van der Waals surface area contributed by atoms with Crippen molar-refractivity contribution in [1.29, 1.82) is 0 Å². The Hall–Kier alpha value is -4.36. The maximum absolute atomic E-state index is 13.3. The fourth-order valence-corrected chi connectivity index (χ4v) is 5.66. The van der Waals surface area contributed by atoms with Gasteiger partial charge in [-0.2, -0.15) is 18.3 Å². The SMILES string of the molecule is CC(C)(C(N)=O)n1nc(C(=O)N[C@H]2CC3(C2)C[C@H](Oc2ncccc2C(N)=O)C3)c2ccc(OCCC(F)(F)F)cc21. The molecule has 5 N–H and O–H groups in total. The van der Waals surface area contributed by atoms with Crippen molar-refractivity contribution in [2.75, 3.05) is 6.61 Å². The van der Waals surface area contributed by atoms with E-state index in [0.717, 1.165) is 25.7 Å². The maximum atomic E-state index is 13.3. The number of hydrogen-bond acceptors (Lipinski definition) is 7. The van der Waals surface area contributed by atoms with Crippen molar-refractivity contribution in [2.45, 2.75) is 69.8 Å². The summed E-state index contributed by atoms with van der Waals surface area (Å²) >= 11 is 0. The lowest BCUT2D eigenvalue weighted by atomic mass is 9.53. The molecule has 11 nitrogen and oxygen atoms in total. The normalized spacial score (nSPS) is 21.8. The van der Waals surface area contributed by atoms with Crippen LogP contribution in [-0.4, -0.2) is 57.4 Å². The van der Waals surface area contributed by atoms with E-state index in [-0.39, 0.29) is 40.4 Å². The van der Waals surface area contributed by atoms with E-state index in [2.05, 4.69) is 15.4 Å². The number of hydrogen-bond donors (Lipinski definition) is 3. The van der Waals surface area contributed by atoms with Gasteiger partial charge in [-0.25, -0.2) is 9.67 Å². The second-order valence-corrected chi connectivity index (χ2v) is 11.5. The quantitative estimate of drug-likeness (QED) is 0.327. The van der Waals surface area contributed by atoms with Crippen molar-refractivity contribution in [3.63, 3.8) is 0 Å². The molecule has 3 amide bonds. The average Bonchev–Trinajstić information content (AvgIpc) is 3.25. The van der Waals surface area contributed by atoms with Gasteiger partial charge >= 0.3 is 6.18 Å². The summed E-state index contributed by atoms with van der Waals surface area (Å²) in [6.45, 7) is 2.48. The number of ether oxygens (including phenoxy) is 2. The number of nitrogens with one attached hydrogen (secondary N) is 1. The number of aromatic nitrogens is 3. The Balaban J connectivity index is 1.25. The maximum Gasteiger partial charge on any atom is 0.392 e. The number of primary amides is 2. The Morgan fingerprint density at radius 2 is 1.83 bits per heavy atom. The summed E-state index contributed by atoms with van der Waals surface area (Å²) in [5, 5.41) is 7.80. The van der Waals surface area contributed by atoms with Gasteiger partial charge in [0.05, 0.1) is 18.5 Å². The first-order valence-corrected chi connectivity index (χ1v) is 13.4. The Kier molecular flexibility index (Phi) is 7.27. The third kappa shape index (κ3) is 5.70. The fraction of sp³-hybridized carbons (Fsp3) is 0.464. The molecule has 2 fully saturated rings. The van der Waals surface area contributed by atoms with Gasteiger partial charge in [-0.1, -0.05) is 0 Å². The van der Waals surface area contributed by atoms with Crippen LogP contribution in [0.2, 0.25) is 0 Å². The van der Waals surface area contributed by atoms with Gasteiger partial charge in [0, 0.05) is 23.7 Å². The molecule has 2 heterocycles. The molecule has 14 heteroatoms. The van der Waals surface area contributed by atoms with Gasteiger partial charge in [0.2, 0.25) is 11.8 Å². The zero-order chi connectivity index (χ0) is 30.4. The molecule has 2 aliphatic rings. The molecule has 1 spiro atoms. The van der Waals surface area contributed by atoms with Crippen LogP contribution in [0.5, 0.6) is 11.6 Å². The Morgan fingerprint density at radius 1 is 1.12 bits per heavy atom. The number of halogens is 3. The van der Waals surface area contributed by atoms with Crippen LogP contribution in [0.15, 0.2) is 36.5 Å². The van der Waals surface area contributed by atoms with E-state index in [1.807, 2.05) is 0 Å². The van der Waals surface area contributed by atoms with E-state index in [0.29, 0.717) is 10.9 Å². The van der Waals surface area contributed by atoms with E-state index in [1.54, 1.807) is 12.1 Å². The van der Waals surface area contributed by atoms with Gasteiger partial charge in [-0.3, -0.25) is 14.4 Å². The van der Waals surface area contributed by atoms with Gasteiger partial charge in [0.1, 0.15) is 23.0 Å². The number of carbonyl (C=O) groups excluding carboxylic acids is 3. The van der Waals surface area contributed by atoms with Crippen molar-refractivity contribution in [2.24, 2.45) is 16.9 Å². The molecule has 0 radical (unpaired) electrons. The molecule has 2 aliphatic carbocycles. The van der Waals surface area contributed by atoms with E-state index in [4.69, 9.17) is 20.9 Å². The van der Waals surface area contributed by atoms with Crippen molar-refractivity contribution in [3.05, 3.63) is 47.8 Å². The summed E-state index contributed by atoms with van der Waals surface area (Å²) < 4.78 is 50.1. The molecule has 224 valence electrons. The number of nitrogens with two attached hydrogens (primary N) is 2. The number of rotatable bonds is 10. The summed E-state index contributed by atoms with van der Waals surface area (Å²) in [6, 6.07) is 7.49. The molecule has 42 heavy (non-hydrogen) atoms. The second-order valence-electron chi connectivity index (χ2n) is 11.5. The molecule has 0 saturated heterocycles. The zero-order valence-electron chi connectivity index (χ0n) is 23.0. The molecule has 2 aromatic heterocycles. The van der Waals surface area contributed by atoms with E-state index >= 15 is 0 Å². The number of nitrogens with zero attached hydrogens (tertiary/aromatic N) is 3. The number of amides is 3. The van der Waals surface area contributed by atoms with Gasteiger partial charge < -0.3 is 26.3 Å². The smallest absolute Gasteiger partial charge is 0.392 e. The van der Waals surface area contributed by atoms with Crippen molar-refractivity contribution < 1.29 is 37.0 Å². The molecular weight excluding hydrogens is 557 g/mol. The average molecular weight is 589 g/mol. The van der Waals surface area contributed by atoms with Gasteiger partial charge in [-0.05, 0) is 69.2 Å². The Morgan fingerprint density at radius 3 is 2.48 bits per heavy atom. The minimum absolute atomic E-state index is 0.0162. The van der Waals surface area contributed by atoms with E-state index in [9.17, 15) is 27.6 Å². The third-order valence-electron chi connectivity index (χ3n) is 7.98. The van der Waals surface area contributed by atoms with Crippen molar-refractivity contribution >= 4 is 28.6 Å². The van der Waals surface area contributed by atoms with Crippen LogP contribution in [0.3, 0.4) is 0 Å². The minimum Gasteiger partial charge on any atom is -0.493 e. The standard InChI is InChI=1S/C28H31F3N6O5/c1-26(2,25(33)40)37-20-10-16(41-9-7-28(29,30)31)5-6-18(20)21(36-37)23(39)35-15-11-27(12-15)13-17(14-27)42-24-19(22(32)38)4-3-8-34-24/h3-6,8,10,15,17H,7,9,11-14H2,1-2H3,(H2,32,38)(H2,33,40)(H,35,39)/t15-,17-,27?. The highest BCUT2D eigenvalue weighted by Gasteiger charge is 2.54. The molecule has 0 unspecified atom stereocenters. The number of benzene rings is 1. The monoisotopic (exact) mass is 588 g/mol. The largest absolute Gasteiger partial charge is 0.493 e. The predicted octanol–water partition coefficient (Wildman–Crippen LogP) is 3.20.